The van der Waals surface area contributed by atoms with E-state index in [4.69, 9.17) is 0 Å². The number of amides is 2. The van der Waals surface area contributed by atoms with Gasteiger partial charge in [0.2, 0.25) is 0 Å². The lowest BCUT2D eigenvalue weighted by atomic mass is 10.2. The zero-order valence-corrected chi connectivity index (χ0v) is 15.0. The van der Waals surface area contributed by atoms with Crippen LogP contribution in [0, 0.1) is 6.92 Å². The second kappa shape index (κ2) is 8.58. The molecular weight excluding hydrogens is 328 g/mol. The molecule has 6 nitrogen and oxygen atoms in total. The minimum Gasteiger partial charge on any atom is -0.333 e. The molecular formula is C20H24N4O2. The van der Waals surface area contributed by atoms with Crippen molar-refractivity contribution in [2.24, 2.45) is 0 Å². The Hall–Kier alpha value is -2.73. The Bertz CT molecular complexity index is 763. The van der Waals surface area contributed by atoms with Gasteiger partial charge in [-0.3, -0.25) is 19.5 Å². The molecule has 1 N–H and O–H groups in total. The molecule has 3 rings (SSSR count). The van der Waals surface area contributed by atoms with E-state index in [1.54, 1.807) is 23.4 Å². The van der Waals surface area contributed by atoms with E-state index in [1.807, 2.05) is 37.3 Å². The second-order valence-electron chi connectivity index (χ2n) is 6.55. The van der Waals surface area contributed by atoms with Crippen LogP contribution in [0.15, 0.2) is 48.8 Å². The Morgan fingerprint density at radius 3 is 2.58 bits per heavy atom. The molecule has 2 amide bonds. The van der Waals surface area contributed by atoms with Gasteiger partial charge >= 0.3 is 11.8 Å². The number of aryl methyl sites for hydroxylation is 1. The van der Waals surface area contributed by atoms with Crippen molar-refractivity contribution in [2.75, 3.05) is 31.5 Å². The second-order valence-corrected chi connectivity index (χ2v) is 6.55. The maximum atomic E-state index is 12.5. The van der Waals surface area contributed by atoms with Crippen LogP contribution in [-0.4, -0.2) is 52.8 Å². The van der Waals surface area contributed by atoms with Gasteiger partial charge in [-0.25, -0.2) is 0 Å². The van der Waals surface area contributed by atoms with E-state index in [1.165, 1.54) is 5.56 Å². The molecule has 2 aromatic rings. The molecule has 0 spiro atoms. The number of aromatic nitrogens is 1. The number of hydrogen-bond acceptors (Lipinski definition) is 4. The summed E-state index contributed by atoms with van der Waals surface area (Å²) >= 11 is 0. The lowest BCUT2D eigenvalue weighted by Crippen LogP contribution is -2.41. The summed E-state index contributed by atoms with van der Waals surface area (Å²) in [6.45, 7) is 5.57. The van der Waals surface area contributed by atoms with Crippen molar-refractivity contribution in [3.63, 3.8) is 0 Å². The number of hydrogen-bond donors (Lipinski definition) is 1. The summed E-state index contributed by atoms with van der Waals surface area (Å²) in [6, 6.07) is 11.5. The first-order valence-electron chi connectivity index (χ1n) is 8.90. The molecule has 2 heterocycles. The fourth-order valence-electron chi connectivity index (χ4n) is 3.11. The third-order valence-electron chi connectivity index (χ3n) is 4.62. The van der Waals surface area contributed by atoms with Gasteiger partial charge in [0, 0.05) is 50.8 Å². The van der Waals surface area contributed by atoms with Gasteiger partial charge in [0.05, 0.1) is 0 Å². The monoisotopic (exact) mass is 352 g/mol. The minimum absolute atomic E-state index is 0.459. The summed E-state index contributed by atoms with van der Waals surface area (Å²) in [5, 5.41) is 2.73. The molecule has 0 aliphatic carbocycles. The zero-order chi connectivity index (χ0) is 18.4. The molecule has 136 valence electrons. The highest BCUT2D eigenvalue weighted by Gasteiger charge is 2.24. The highest BCUT2D eigenvalue weighted by molar-refractivity contribution is 6.39. The molecule has 0 unspecified atom stereocenters. The van der Waals surface area contributed by atoms with Crippen LogP contribution < -0.4 is 5.32 Å². The van der Waals surface area contributed by atoms with Crippen LogP contribution in [0.3, 0.4) is 0 Å². The van der Waals surface area contributed by atoms with E-state index in [0.29, 0.717) is 18.8 Å². The van der Waals surface area contributed by atoms with Gasteiger partial charge in [-0.2, -0.15) is 0 Å². The fourth-order valence-corrected chi connectivity index (χ4v) is 3.11. The number of para-hydroxylation sites is 1. The average molecular weight is 352 g/mol. The summed E-state index contributed by atoms with van der Waals surface area (Å²) in [5.41, 5.74) is 2.82. The van der Waals surface area contributed by atoms with Crippen molar-refractivity contribution < 1.29 is 9.59 Å². The maximum Gasteiger partial charge on any atom is 0.313 e. The highest BCUT2D eigenvalue weighted by Crippen LogP contribution is 2.14. The SMILES string of the molecule is Cc1ccccc1NC(=O)C(=O)N1CCCN(Cc2ccncc2)CC1. The highest BCUT2D eigenvalue weighted by atomic mass is 16.2. The third-order valence-corrected chi connectivity index (χ3v) is 4.62. The van der Waals surface area contributed by atoms with Crippen LogP contribution in [0.4, 0.5) is 5.69 Å². The summed E-state index contributed by atoms with van der Waals surface area (Å²) < 4.78 is 0. The van der Waals surface area contributed by atoms with Crippen LogP contribution in [0.1, 0.15) is 17.5 Å². The maximum absolute atomic E-state index is 12.5. The first-order chi connectivity index (χ1) is 12.6. The Labute approximate surface area is 153 Å². The number of nitrogens with one attached hydrogen (secondary N) is 1. The van der Waals surface area contributed by atoms with Crippen LogP contribution in [0.2, 0.25) is 0 Å². The predicted molar refractivity (Wildman–Crippen MR) is 101 cm³/mol. The van der Waals surface area contributed by atoms with Gasteiger partial charge in [0.15, 0.2) is 0 Å². The van der Waals surface area contributed by atoms with Crippen molar-refractivity contribution in [3.05, 3.63) is 59.9 Å². The van der Waals surface area contributed by atoms with Crippen LogP contribution >= 0.6 is 0 Å². The first-order valence-corrected chi connectivity index (χ1v) is 8.90. The number of carbonyl (C=O) groups excluding carboxylic acids is 2. The average Bonchev–Trinajstić information content (AvgIpc) is 2.89. The molecule has 1 aliphatic rings. The molecule has 1 saturated heterocycles. The Balaban J connectivity index is 1.55. The molecule has 0 radical (unpaired) electrons. The molecule has 1 aliphatic heterocycles. The van der Waals surface area contributed by atoms with E-state index in [2.05, 4.69) is 15.2 Å². The molecule has 0 bridgehead atoms. The predicted octanol–water partition coefficient (Wildman–Crippen LogP) is 2.06. The Morgan fingerprint density at radius 1 is 1.04 bits per heavy atom. The van der Waals surface area contributed by atoms with Gasteiger partial charge in [-0.1, -0.05) is 18.2 Å². The van der Waals surface area contributed by atoms with Gasteiger partial charge < -0.3 is 10.2 Å². The molecule has 1 fully saturated rings. The molecule has 1 aromatic heterocycles. The fraction of sp³-hybridized carbons (Fsp3) is 0.350. The first kappa shape index (κ1) is 18.1. The normalized spacial score (nSPS) is 15.3. The van der Waals surface area contributed by atoms with Crippen LogP contribution in [0.5, 0.6) is 0 Å². The number of carbonyl (C=O) groups is 2. The van der Waals surface area contributed by atoms with Gasteiger partial charge in [-0.15, -0.1) is 0 Å². The quantitative estimate of drug-likeness (QED) is 0.859. The molecule has 26 heavy (non-hydrogen) atoms. The molecule has 0 saturated carbocycles. The zero-order valence-electron chi connectivity index (χ0n) is 15.0. The van der Waals surface area contributed by atoms with E-state index in [-0.39, 0.29) is 0 Å². The lowest BCUT2D eigenvalue weighted by Gasteiger charge is -2.21. The van der Waals surface area contributed by atoms with Crippen molar-refractivity contribution in [1.82, 2.24) is 14.8 Å². The van der Waals surface area contributed by atoms with Crippen LogP contribution in [-0.2, 0) is 16.1 Å². The topological polar surface area (TPSA) is 65.5 Å². The number of rotatable bonds is 3. The number of anilines is 1. The smallest absolute Gasteiger partial charge is 0.313 e. The molecule has 1 aromatic carbocycles. The van der Waals surface area contributed by atoms with E-state index >= 15 is 0 Å². The Kier molecular flexibility index (Phi) is 5.96. The van der Waals surface area contributed by atoms with Gasteiger partial charge in [0.1, 0.15) is 0 Å². The van der Waals surface area contributed by atoms with E-state index in [0.717, 1.165) is 31.6 Å². The number of nitrogens with zero attached hydrogens (tertiary/aromatic N) is 3. The Morgan fingerprint density at radius 2 is 1.81 bits per heavy atom. The number of pyridine rings is 1. The summed E-state index contributed by atoms with van der Waals surface area (Å²) in [7, 11) is 0. The summed E-state index contributed by atoms with van der Waals surface area (Å²) in [5.74, 6) is -1.03. The van der Waals surface area contributed by atoms with E-state index in [9.17, 15) is 9.59 Å². The largest absolute Gasteiger partial charge is 0.333 e. The third kappa shape index (κ3) is 4.67. The van der Waals surface area contributed by atoms with Crippen LogP contribution in [0.25, 0.3) is 0 Å². The van der Waals surface area contributed by atoms with Gasteiger partial charge in [0.25, 0.3) is 0 Å². The summed E-state index contributed by atoms with van der Waals surface area (Å²) in [4.78, 5) is 32.8. The molecule has 0 atom stereocenters. The standard InChI is InChI=1S/C20H24N4O2/c1-16-5-2-3-6-18(16)22-19(25)20(26)24-12-4-11-23(13-14-24)15-17-7-9-21-10-8-17/h2-3,5-10H,4,11-15H2,1H3,(H,22,25). The van der Waals surface area contributed by atoms with E-state index < -0.39 is 11.8 Å². The van der Waals surface area contributed by atoms with Gasteiger partial charge in [-0.05, 0) is 42.7 Å². The molecule has 6 heteroatoms. The van der Waals surface area contributed by atoms with Crippen molar-refractivity contribution >= 4 is 17.5 Å². The number of benzene rings is 1. The van der Waals surface area contributed by atoms with Crippen molar-refractivity contribution in [2.45, 2.75) is 19.9 Å². The van der Waals surface area contributed by atoms with Crippen molar-refractivity contribution in [1.29, 1.82) is 0 Å². The summed E-state index contributed by atoms with van der Waals surface area (Å²) in [6.07, 6.45) is 4.44. The minimum atomic E-state index is -0.568. The lowest BCUT2D eigenvalue weighted by molar-refractivity contribution is -0.143. The van der Waals surface area contributed by atoms with Crippen molar-refractivity contribution in [3.8, 4) is 0 Å².